The molecular weight excluding hydrogens is 324 g/mol. The zero-order chi connectivity index (χ0) is 12.4. The second-order valence-electron chi connectivity index (χ2n) is 3.50. The Labute approximate surface area is 116 Å². The predicted octanol–water partition coefficient (Wildman–Crippen LogP) is 3.33. The van der Waals surface area contributed by atoms with E-state index in [1.54, 1.807) is 15.9 Å². The Morgan fingerprint density at radius 1 is 1.47 bits per heavy atom. The van der Waals surface area contributed by atoms with Crippen LogP contribution in [0.5, 0.6) is 0 Å². The van der Waals surface area contributed by atoms with Crippen LogP contribution in [-0.4, -0.2) is 9.55 Å². The first-order valence-corrected chi connectivity index (χ1v) is 7.08. The first-order valence-electron chi connectivity index (χ1n) is 5.10. The fourth-order valence-electron chi connectivity index (χ4n) is 1.42. The SMILES string of the molecule is CCc1ccc(Cn2cnc(Cl)c(Br)c2=O)s1. The smallest absolute Gasteiger partial charge is 0.269 e. The fourth-order valence-corrected chi connectivity index (χ4v) is 2.83. The molecule has 0 unspecified atom stereocenters. The van der Waals surface area contributed by atoms with Gasteiger partial charge in [-0.3, -0.25) is 9.36 Å². The molecule has 2 aromatic rings. The van der Waals surface area contributed by atoms with Gasteiger partial charge in [0.2, 0.25) is 0 Å². The van der Waals surface area contributed by atoms with E-state index in [9.17, 15) is 4.79 Å². The van der Waals surface area contributed by atoms with Gasteiger partial charge < -0.3 is 0 Å². The summed E-state index contributed by atoms with van der Waals surface area (Å²) in [6, 6.07) is 4.13. The lowest BCUT2D eigenvalue weighted by Crippen LogP contribution is -2.21. The van der Waals surface area contributed by atoms with Crippen LogP contribution in [0.2, 0.25) is 5.15 Å². The number of hydrogen-bond donors (Lipinski definition) is 0. The first kappa shape index (κ1) is 12.8. The van der Waals surface area contributed by atoms with E-state index in [1.807, 2.05) is 6.07 Å². The molecule has 0 amide bonds. The van der Waals surface area contributed by atoms with Crippen LogP contribution in [0.3, 0.4) is 0 Å². The maximum Gasteiger partial charge on any atom is 0.269 e. The summed E-state index contributed by atoms with van der Waals surface area (Å²) in [6.07, 6.45) is 2.49. The van der Waals surface area contributed by atoms with Gasteiger partial charge in [-0.1, -0.05) is 18.5 Å². The van der Waals surface area contributed by atoms with E-state index in [2.05, 4.69) is 33.9 Å². The van der Waals surface area contributed by atoms with Gasteiger partial charge in [0, 0.05) is 9.75 Å². The van der Waals surface area contributed by atoms with Gasteiger partial charge in [0.25, 0.3) is 5.56 Å². The average molecular weight is 334 g/mol. The average Bonchev–Trinajstić information content (AvgIpc) is 2.78. The van der Waals surface area contributed by atoms with Crippen molar-refractivity contribution >= 4 is 38.9 Å². The van der Waals surface area contributed by atoms with Crippen LogP contribution in [0.1, 0.15) is 16.7 Å². The predicted molar refractivity (Wildman–Crippen MR) is 74.0 cm³/mol. The summed E-state index contributed by atoms with van der Waals surface area (Å²) in [5.41, 5.74) is -0.156. The molecule has 0 spiro atoms. The molecule has 0 aliphatic carbocycles. The minimum Gasteiger partial charge on any atom is -0.293 e. The van der Waals surface area contributed by atoms with Crippen molar-refractivity contribution in [2.75, 3.05) is 0 Å². The molecule has 0 atom stereocenters. The molecule has 0 saturated carbocycles. The summed E-state index contributed by atoms with van der Waals surface area (Å²) in [4.78, 5) is 18.3. The van der Waals surface area contributed by atoms with Crippen molar-refractivity contribution < 1.29 is 0 Å². The van der Waals surface area contributed by atoms with Gasteiger partial charge in [-0.2, -0.15) is 0 Å². The lowest BCUT2D eigenvalue weighted by Gasteiger charge is -2.04. The van der Waals surface area contributed by atoms with Gasteiger partial charge in [-0.25, -0.2) is 4.98 Å². The number of rotatable bonds is 3. The normalized spacial score (nSPS) is 10.8. The summed E-state index contributed by atoms with van der Waals surface area (Å²) < 4.78 is 1.86. The Bertz CT molecular complexity index is 593. The van der Waals surface area contributed by atoms with Crippen molar-refractivity contribution in [2.45, 2.75) is 19.9 Å². The van der Waals surface area contributed by atoms with Gasteiger partial charge in [0.1, 0.15) is 4.47 Å². The van der Waals surface area contributed by atoms with Gasteiger partial charge in [0.05, 0.1) is 12.9 Å². The van der Waals surface area contributed by atoms with E-state index < -0.39 is 0 Å². The molecule has 0 aromatic carbocycles. The van der Waals surface area contributed by atoms with E-state index in [4.69, 9.17) is 11.6 Å². The molecule has 0 saturated heterocycles. The van der Waals surface area contributed by atoms with Gasteiger partial charge >= 0.3 is 0 Å². The standard InChI is InChI=1S/C11H10BrClN2OS/c1-2-7-3-4-8(17-7)5-15-6-14-10(13)9(12)11(15)16/h3-4,6H,2,5H2,1H3. The Hall–Kier alpha value is -0.650. The minimum absolute atomic E-state index is 0.156. The number of hydrogen-bond acceptors (Lipinski definition) is 3. The summed E-state index contributed by atoms with van der Waals surface area (Å²) in [7, 11) is 0. The number of nitrogens with zero attached hydrogens (tertiary/aromatic N) is 2. The lowest BCUT2D eigenvalue weighted by atomic mass is 10.3. The number of thiophene rings is 1. The molecule has 0 fully saturated rings. The number of halogens is 2. The maximum atomic E-state index is 11.9. The largest absolute Gasteiger partial charge is 0.293 e. The summed E-state index contributed by atoms with van der Waals surface area (Å²) in [5, 5.41) is 0.201. The van der Waals surface area contributed by atoms with Crippen molar-refractivity contribution in [3.63, 3.8) is 0 Å². The first-order chi connectivity index (χ1) is 8.11. The second-order valence-corrected chi connectivity index (χ2v) is 5.91. The number of aryl methyl sites for hydroxylation is 1. The van der Waals surface area contributed by atoms with E-state index in [1.165, 1.54) is 11.2 Å². The van der Waals surface area contributed by atoms with Crippen LogP contribution in [-0.2, 0) is 13.0 Å². The molecule has 0 aliphatic heterocycles. The zero-order valence-corrected chi connectivity index (χ0v) is 12.3. The lowest BCUT2D eigenvalue weighted by molar-refractivity contribution is 0.740. The molecule has 2 heterocycles. The van der Waals surface area contributed by atoms with E-state index in [-0.39, 0.29) is 10.7 Å². The van der Waals surface area contributed by atoms with Crippen LogP contribution in [0.25, 0.3) is 0 Å². The molecular formula is C11H10BrClN2OS. The van der Waals surface area contributed by atoms with Crippen molar-refractivity contribution in [3.8, 4) is 0 Å². The molecule has 90 valence electrons. The van der Waals surface area contributed by atoms with Gasteiger partial charge in [-0.15, -0.1) is 11.3 Å². The third-order valence-corrected chi connectivity index (χ3v) is 4.78. The minimum atomic E-state index is -0.156. The zero-order valence-electron chi connectivity index (χ0n) is 9.11. The molecule has 3 nitrogen and oxygen atoms in total. The fraction of sp³-hybridized carbons (Fsp3) is 0.273. The summed E-state index contributed by atoms with van der Waals surface area (Å²) in [6.45, 7) is 2.65. The van der Waals surface area contributed by atoms with Crippen LogP contribution < -0.4 is 5.56 Å². The Morgan fingerprint density at radius 3 is 2.82 bits per heavy atom. The molecule has 17 heavy (non-hydrogen) atoms. The molecule has 0 bridgehead atoms. The highest BCUT2D eigenvalue weighted by Crippen LogP contribution is 2.18. The maximum absolute atomic E-state index is 11.9. The molecule has 6 heteroatoms. The van der Waals surface area contributed by atoms with Gasteiger partial charge in [-0.05, 0) is 34.5 Å². The Balaban J connectivity index is 2.30. The molecule has 2 rings (SSSR count). The van der Waals surface area contributed by atoms with Crippen molar-refractivity contribution in [1.82, 2.24) is 9.55 Å². The van der Waals surface area contributed by atoms with Crippen LogP contribution in [0.15, 0.2) is 27.7 Å². The van der Waals surface area contributed by atoms with Crippen molar-refractivity contribution in [2.24, 2.45) is 0 Å². The highest BCUT2D eigenvalue weighted by Gasteiger charge is 2.08. The Kier molecular flexibility index (Phi) is 4.01. The van der Waals surface area contributed by atoms with E-state index in [0.717, 1.165) is 11.3 Å². The van der Waals surface area contributed by atoms with Crippen LogP contribution in [0, 0.1) is 0 Å². The summed E-state index contributed by atoms with van der Waals surface area (Å²) >= 11 is 10.6. The van der Waals surface area contributed by atoms with Crippen LogP contribution in [0.4, 0.5) is 0 Å². The van der Waals surface area contributed by atoms with Crippen LogP contribution >= 0.6 is 38.9 Å². The quantitative estimate of drug-likeness (QED) is 0.808. The van der Waals surface area contributed by atoms with E-state index >= 15 is 0 Å². The third-order valence-electron chi connectivity index (χ3n) is 2.33. The number of aromatic nitrogens is 2. The second kappa shape index (κ2) is 5.33. The molecule has 0 radical (unpaired) electrons. The highest BCUT2D eigenvalue weighted by molar-refractivity contribution is 9.10. The highest BCUT2D eigenvalue weighted by atomic mass is 79.9. The molecule has 2 aromatic heterocycles. The summed E-state index contributed by atoms with van der Waals surface area (Å²) in [5.74, 6) is 0. The topological polar surface area (TPSA) is 34.9 Å². The van der Waals surface area contributed by atoms with Crippen molar-refractivity contribution in [1.29, 1.82) is 0 Å². The molecule has 0 aliphatic rings. The van der Waals surface area contributed by atoms with Gasteiger partial charge in [0.15, 0.2) is 5.15 Å². The molecule has 0 N–H and O–H groups in total. The van der Waals surface area contributed by atoms with E-state index in [0.29, 0.717) is 11.0 Å². The monoisotopic (exact) mass is 332 g/mol. The Morgan fingerprint density at radius 2 is 2.18 bits per heavy atom. The third kappa shape index (κ3) is 2.78. The van der Waals surface area contributed by atoms with Crippen molar-refractivity contribution in [3.05, 3.63) is 48.2 Å².